The molecule has 0 radical (unpaired) electrons. The van der Waals surface area contributed by atoms with Gasteiger partial charge >= 0.3 is 0 Å². The standard InChI is InChI=1S/C11H16O2S/c1-2-13-11(8-5-6-8)10(12)9-4-3-7-14-9/h3-4,7-8,10-12H,2,5-6H2,1H3. The molecule has 1 aliphatic carbocycles. The fourth-order valence-electron chi connectivity index (χ4n) is 1.72. The van der Waals surface area contributed by atoms with Gasteiger partial charge in [0.15, 0.2) is 0 Å². The van der Waals surface area contributed by atoms with Gasteiger partial charge in [-0.1, -0.05) is 6.07 Å². The Morgan fingerprint density at radius 2 is 2.43 bits per heavy atom. The van der Waals surface area contributed by atoms with Gasteiger partial charge in [-0.25, -0.2) is 0 Å². The Bertz CT molecular complexity index is 267. The summed E-state index contributed by atoms with van der Waals surface area (Å²) in [5, 5.41) is 12.1. The van der Waals surface area contributed by atoms with Gasteiger partial charge in [-0.3, -0.25) is 0 Å². The van der Waals surface area contributed by atoms with E-state index >= 15 is 0 Å². The van der Waals surface area contributed by atoms with Gasteiger partial charge in [-0.15, -0.1) is 11.3 Å². The van der Waals surface area contributed by atoms with Crippen molar-refractivity contribution in [2.24, 2.45) is 5.92 Å². The molecular weight excluding hydrogens is 196 g/mol. The highest BCUT2D eigenvalue weighted by molar-refractivity contribution is 7.10. The Morgan fingerprint density at radius 3 is 2.93 bits per heavy atom. The second-order valence-corrected chi connectivity index (χ2v) is 4.70. The normalized spacial score (nSPS) is 20.7. The summed E-state index contributed by atoms with van der Waals surface area (Å²) in [5.41, 5.74) is 0. The lowest BCUT2D eigenvalue weighted by molar-refractivity contribution is -0.0447. The molecule has 0 amide bonds. The minimum absolute atomic E-state index is 0.0126. The van der Waals surface area contributed by atoms with Crippen molar-refractivity contribution in [1.82, 2.24) is 0 Å². The number of thiophene rings is 1. The highest BCUT2D eigenvalue weighted by atomic mass is 32.1. The van der Waals surface area contributed by atoms with E-state index in [1.807, 2.05) is 24.4 Å². The monoisotopic (exact) mass is 212 g/mol. The lowest BCUT2D eigenvalue weighted by Crippen LogP contribution is -2.23. The lowest BCUT2D eigenvalue weighted by Gasteiger charge is -2.21. The molecule has 2 rings (SSSR count). The number of hydrogen-bond donors (Lipinski definition) is 1. The van der Waals surface area contributed by atoms with Crippen molar-refractivity contribution in [3.63, 3.8) is 0 Å². The van der Waals surface area contributed by atoms with Crippen LogP contribution in [-0.2, 0) is 4.74 Å². The molecule has 1 aromatic rings. The van der Waals surface area contributed by atoms with Crippen LogP contribution in [0.15, 0.2) is 17.5 Å². The summed E-state index contributed by atoms with van der Waals surface area (Å²) in [6, 6.07) is 3.95. The summed E-state index contributed by atoms with van der Waals surface area (Å²) in [6.07, 6.45) is 1.99. The van der Waals surface area contributed by atoms with Gasteiger partial charge in [0.25, 0.3) is 0 Å². The minimum Gasteiger partial charge on any atom is -0.385 e. The summed E-state index contributed by atoms with van der Waals surface area (Å²) in [5.74, 6) is 0.576. The molecule has 0 saturated heterocycles. The summed E-state index contributed by atoms with van der Waals surface area (Å²) in [4.78, 5) is 1.02. The number of ether oxygens (including phenoxy) is 1. The van der Waals surface area contributed by atoms with Crippen LogP contribution in [0.2, 0.25) is 0 Å². The largest absolute Gasteiger partial charge is 0.385 e. The van der Waals surface area contributed by atoms with Gasteiger partial charge in [0.1, 0.15) is 6.10 Å². The van der Waals surface area contributed by atoms with Crippen molar-refractivity contribution in [3.05, 3.63) is 22.4 Å². The molecular formula is C11H16O2S. The van der Waals surface area contributed by atoms with Crippen molar-refractivity contribution < 1.29 is 9.84 Å². The summed E-state index contributed by atoms with van der Waals surface area (Å²) >= 11 is 1.60. The molecule has 78 valence electrons. The van der Waals surface area contributed by atoms with Gasteiger partial charge < -0.3 is 9.84 Å². The molecule has 0 spiro atoms. The van der Waals surface area contributed by atoms with Crippen molar-refractivity contribution in [2.75, 3.05) is 6.61 Å². The van der Waals surface area contributed by atoms with Crippen molar-refractivity contribution in [3.8, 4) is 0 Å². The van der Waals surface area contributed by atoms with E-state index in [9.17, 15) is 5.11 Å². The van der Waals surface area contributed by atoms with E-state index < -0.39 is 6.10 Å². The first-order valence-corrected chi connectivity index (χ1v) is 6.04. The van der Waals surface area contributed by atoms with Crippen LogP contribution in [-0.4, -0.2) is 17.8 Å². The van der Waals surface area contributed by atoms with E-state index in [1.54, 1.807) is 11.3 Å². The van der Waals surface area contributed by atoms with Gasteiger partial charge in [0.05, 0.1) is 6.10 Å². The first kappa shape index (κ1) is 10.1. The Hall–Kier alpha value is -0.380. The fourth-order valence-corrected chi connectivity index (χ4v) is 2.47. The Kier molecular flexibility index (Phi) is 3.21. The number of hydrogen-bond acceptors (Lipinski definition) is 3. The van der Waals surface area contributed by atoms with Gasteiger partial charge in [0, 0.05) is 11.5 Å². The van der Waals surface area contributed by atoms with Crippen molar-refractivity contribution in [1.29, 1.82) is 0 Å². The zero-order chi connectivity index (χ0) is 9.97. The fraction of sp³-hybridized carbons (Fsp3) is 0.636. The van der Waals surface area contributed by atoms with Crippen LogP contribution >= 0.6 is 11.3 Å². The predicted molar refractivity (Wildman–Crippen MR) is 57.4 cm³/mol. The zero-order valence-corrected chi connectivity index (χ0v) is 9.17. The van der Waals surface area contributed by atoms with Gasteiger partial charge in [-0.05, 0) is 37.1 Å². The number of aliphatic hydroxyl groups is 1. The molecule has 2 unspecified atom stereocenters. The van der Waals surface area contributed by atoms with E-state index in [-0.39, 0.29) is 6.10 Å². The maximum atomic E-state index is 10.1. The molecule has 14 heavy (non-hydrogen) atoms. The SMILES string of the molecule is CCOC(C1CC1)C(O)c1cccs1. The van der Waals surface area contributed by atoms with Crippen LogP contribution in [0.5, 0.6) is 0 Å². The quantitative estimate of drug-likeness (QED) is 0.813. The Balaban J connectivity index is 2.02. The zero-order valence-electron chi connectivity index (χ0n) is 8.35. The Labute approximate surface area is 88.5 Å². The van der Waals surface area contributed by atoms with E-state index in [4.69, 9.17) is 4.74 Å². The molecule has 0 aromatic carbocycles. The third-order valence-corrected chi connectivity index (χ3v) is 3.53. The minimum atomic E-state index is -0.428. The molecule has 0 bridgehead atoms. The molecule has 0 aliphatic heterocycles. The van der Waals surface area contributed by atoms with E-state index in [0.717, 1.165) is 4.88 Å². The third-order valence-electron chi connectivity index (χ3n) is 2.59. The van der Waals surface area contributed by atoms with Crippen LogP contribution in [0.3, 0.4) is 0 Å². The van der Waals surface area contributed by atoms with Crippen molar-refractivity contribution in [2.45, 2.75) is 32.0 Å². The maximum absolute atomic E-state index is 10.1. The summed E-state index contributed by atoms with van der Waals surface area (Å²) < 4.78 is 5.61. The molecule has 1 saturated carbocycles. The lowest BCUT2D eigenvalue weighted by atomic mass is 10.1. The third kappa shape index (κ3) is 2.16. The van der Waals surface area contributed by atoms with Crippen LogP contribution in [0.1, 0.15) is 30.7 Å². The summed E-state index contributed by atoms with van der Waals surface area (Å²) in [6.45, 7) is 2.67. The van der Waals surface area contributed by atoms with Crippen LogP contribution < -0.4 is 0 Å². The average Bonchev–Trinajstić information content (AvgIpc) is 2.88. The molecule has 1 N–H and O–H groups in total. The molecule has 1 aliphatic rings. The highest BCUT2D eigenvalue weighted by Crippen LogP contribution is 2.40. The smallest absolute Gasteiger partial charge is 0.114 e. The molecule has 2 atom stereocenters. The molecule has 2 nitrogen and oxygen atoms in total. The van der Waals surface area contributed by atoms with Gasteiger partial charge in [-0.2, -0.15) is 0 Å². The number of rotatable bonds is 5. The van der Waals surface area contributed by atoms with Crippen molar-refractivity contribution >= 4 is 11.3 Å². The molecule has 1 aromatic heterocycles. The second kappa shape index (κ2) is 4.43. The maximum Gasteiger partial charge on any atom is 0.114 e. The van der Waals surface area contributed by atoms with Gasteiger partial charge in [0.2, 0.25) is 0 Å². The number of aliphatic hydroxyl groups excluding tert-OH is 1. The molecule has 1 fully saturated rings. The van der Waals surface area contributed by atoms with E-state index in [1.165, 1.54) is 12.8 Å². The molecule has 3 heteroatoms. The average molecular weight is 212 g/mol. The Morgan fingerprint density at radius 1 is 1.64 bits per heavy atom. The van der Waals surface area contributed by atoms with E-state index in [2.05, 4.69) is 0 Å². The highest BCUT2D eigenvalue weighted by Gasteiger charge is 2.37. The van der Waals surface area contributed by atoms with Crippen LogP contribution in [0.25, 0.3) is 0 Å². The van der Waals surface area contributed by atoms with Crippen LogP contribution in [0.4, 0.5) is 0 Å². The molecule has 1 heterocycles. The first-order chi connectivity index (χ1) is 6.83. The first-order valence-electron chi connectivity index (χ1n) is 5.16. The topological polar surface area (TPSA) is 29.5 Å². The second-order valence-electron chi connectivity index (χ2n) is 3.72. The predicted octanol–water partition coefficient (Wildman–Crippen LogP) is 2.60. The van der Waals surface area contributed by atoms with E-state index in [0.29, 0.717) is 12.5 Å². The summed E-state index contributed by atoms with van der Waals surface area (Å²) in [7, 11) is 0. The van der Waals surface area contributed by atoms with Crippen LogP contribution in [0, 0.1) is 5.92 Å².